The van der Waals surface area contributed by atoms with E-state index in [0.29, 0.717) is 24.1 Å². The smallest absolute Gasteiger partial charge is 0.310 e. The second kappa shape index (κ2) is 10.1. The van der Waals surface area contributed by atoms with Gasteiger partial charge >= 0.3 is 11.9 Å². The van der Waals surface area contributed by atoms with Crippen LogP contribution in [0.2, 0.25) is 0 Å². The van der Waals surface area contributed by atoms with Crippen molar-refractivity contribution < 1.29 is 19.1 Å². The number of piperidine rings is 1. The highest BCUT2D eigenvalue weighted by Gasteiger charge is 2.49. The number of fused-ring (bicyclic) bond motifs is 2. The summed E-state index contributed by atoms with van der Waals surface area (Å²) < 4.78 is 10.6. The molecule has 0 aromatic heterocycles. The number of esters is 2. The molecule has 2 bridgehead atoms. The van der Waals surface area contributed by atoms with Crippen LogP contribution in [0.4, 0.5) is 0 Å². The first kappa shape index (κ1) is 23.5. The molecular weight excluding hydrogens is 414 g/mol. The third-order valence-electron chi connectivity index (χ3n) is 7.87. The monoisotopic (exact) mass is 449 g/mol. The Labute approximate surface area is 197 Å². The molecule has 0 spiro atoms. The van der Waals surface area contributed by atoms with E-state index in [1.165, 1.54) is 25.2 Å². The summed E-state index contributed by atoms with van der Waals surface area (Å²) in [6, 6.07) is 18.7. The number of rotatable bonds is 7. The molecule has 1 heterocycles. The number of likely N-dealkylation sites (tertiary alicyclic amines) is 1. The zero-order chi connectivity index (χ0) is 23.4. The van der Waals surface area contributed by atoms with Crippen molar-refractivity contribution in [3.05, 3.63) is 65.7 Å². The van der Waals surface area contributed by atoms with Crippen LogP contribution in [0, 0.1) is 11.8 Å². The van der Waals surface area contributed by atoms with Gasteiger partial charge in [0.15, 0.2) is 0 Å². The predicted octanol–water partition coefficient (Wildman–Crippen LogP) is 4.78. The molecule has 176 valence electrons. The average molecular weight is 450 g/mol. The van der Waals surface area contributed by atoms with Crippen molar-refractivity contribution in [1.82, 2.24) is 4.90 Å². The van der Waals surface area contributed by atoms with Gasteiger partial charge in [0.2, 0.25) is 0 Å². The standard InChI is InChI=1S/C28H35NO4/c1-20-26-13-8-14-28(20,24-11-7-12-25(18-24)33-21(2)30)15-16-29(26)19-23(27(31)32-3)17-22-9-5-4-6-10-22/h4-7,9-12,18,20,23,26H,8,13-17,19H2,1-3H3. The number of benzene rings is 2. The van der Waals surface area contributed by atoms with Gasteiger partial charge in [0.25, 0.3) is 0 Å². The van der Waals surface area contributed by atoms with Gasteiger partial charge in [-0.25, -0.2) is 0 Å². The van der Waals surface area contributed by atoms with Crippen molar-refractivity contribution in [2.24, 2.45) is 11.8 Å². The zero-order valence-electron chi connectivity index (χ0n) is 20.0. The Kier molecular flexibility index (Phi) is 7.18. The number of ether oxygens (including phenoxy) is 2. The van der Waals surface area contributed by atoms with Crippen molar-refractivity contribution in [2.75, 3.05) is 20.2 Å². The van der Waals surface area contributed by atoms with Gasteiger partial charge in [0.1, 0.15) is 5.75 Å². The van der Waals surface area contributed by atoms with Crippen molar-refractivity contribution in [2.45, 2.75) is 57.4 Å². The van der Waals surface area contributed by atoms with Crippen LogP contribution in [0.5, 0.6) is 5.75 Å². The largest absolute Gasteiger partial charge is 0.469 e. The molecule has 5 nitrogen and oxygen atoms in total. The van der Waals surface area contributed by atoms with Crippen molar-refractivity contribution in [3.63, 3.8) is 0 Å². The lowest BCUT2D eigenvalue weighted by molar-refractivity contribution is -0.147. The van der Waals surface area contributed by atoms with Crippen LogP contribution in [0.1, 0.15) is 50.7 Å². The molecule has 1 saturated carbocycles. The molecule has 2 aromatic carbocycles. The summed E-state index contributed by atoms with van der Waals surface area (Å²) in [5, 5.41) is 0. The Bertz CT molecular complexity index is 975. The minimum absolute atomic E-state index is 0.0791. The first-order chi connectivity index (χ1) is 15.9. The third kappa shape index (κ3) is 4.98. The van der Waals surface area contributed by atoms with E-state index in [4.69, 9.17) is 9.47 Å². The summed E-state index contributed by atoms with van der Waals surface area (Å²) in [6.07, 6.45) is 5.18. The Hall–Kier alpha value is -2.66. The molecule has 5 heteroatoms. The fraction of sp³-hybridized carbons (Fsp3) is 0.500. The number of carbonyl (C=O) groups excluding carboxylic acids is 2. The molecule has 2 aromatic rings. The van der Waals surface area contributed by atoms with Crippen LogP contribution in [-0.4, -0.2) is 43.1 Å². The molecule has 4 atom stereocenters. The normalized spacial score (nSPS) is 25.8. The number of methoxy groups -OCH3 is 1. The first-order valence-electron chi connectivity index (χ1n) is 12.1. The summed E-state index contributed by atoms with van der Waals surface area (Å²) in [5.41, 5.74) is 2.51. The van der Waals surface area contributed by atoms with Gasteiger partial charge in [-0.3, -0.25) is 14.5 Å². The zero-order valence-corrected chi connectivity index (χ0v) is 20.0. The van der Waals surface area contributed by atoms with Gasteiger partial charge in [0.05, 0.1) is 13.0 Å². The lowest BCUT2D eigenvalue weighted by Gasteiger charge is -2.56. The van der Waals surface area contributed by atoms with Crippen LogP contribution in [0.3, 0.4) is 0 Å². The van der Waals surface area contributed by atoms with Crippen LogP contribution in [-0.2, 0) is 26.2 Å². The molecule has 0 radical (unpaired) electrons. The highest BCUT2D eigenvalue weighted by Crippen LogP contribution is 2.51. The van der Waals surface area contributed by atoms with Gasteiger partial charge in [0, 0.05) is 24.9 Å². The molecule has 2 fully saturated rings. The Morgan fingerprint density at radius 2 is 1.91 bits per heavy atom. The Balaban J connectivity index is 1.54. The van der Waals surface area contributed by atoms with E-state index in [9.17, 15) is 9.59 Å². The fourth-order valence-corrected chi connectivity index (χ4v) is 6.22. The van der Waals surface area contributed by atoms with Crippen molar-refractivity contribution in [1.29, 1.82) is 0 Å². The summed E-state index contributed by atoms with van der Waals surface area (Å²) in [7, 11) is 1.49. The molecule has 1 aliphatic heterocycles. The molecule has 4 unspecified atom stereocenters. The van der Waals surface area contributed by atoms with E-state index in [0.717, 1.165) is 38.8 Å². The average Bonchev–Trinajstić information content (AvgIpc) is 2.80. The quantitative estimate of drug-likeness (QED) is 0.450. The van der Waals surface area contributed by atoms with Crippen LogP contribution >= 0.6 is 0 Å². The van der Waals surface area contributed by atoms with Crippen LogP contribution < -0.4 is 4.74 Å². The maximum atomic E-state index is 12.7. The van der Waals surface area contributed by atoms with E-state index in [-0.39, 0.29) is 23.3 Å². The lowest BCUT2D eigenvalue weighted by atomic mass is 9.57. The number of carbonyl (C=O) groups is 2. The van der Waals surface area contributed by atoms with Gasteiger partial charge < -0.3 is 9.47 Å². The molecule has 4 rings (SSSR count). The van der Waals surface area contributed by atoms with E-state index >= 15 is 0 Å². The van der Waals surface area contributed by atoms with Crippen LogP contribution in [0.25, 0.3) is 0 Å². The SMILES string of the molecule is COC(=O)C(Cc1ccccc1)CN1CCC2(c3cccc(OC(C)=O)c3)CCCC1C2C. The van der Waals surface area contributed by atoms with E-state index in [1.54, 1.807) is 0 Å². The minimum atomic E-state index is -0.290. The van der Waals surface area contributed by atoms with Gasteiger partial charge in [-0.15, -0.1) is 0 Å². The molecular formula is C28H35NO4. The number of nitrogens with zero attached hydrogens (tertiary/aromatic N) is 1. The molecule has 33 heavy (non-hydrogen) atoms. The molecule has 2 aliphatic rings. The summed E-state index contributed by atoms with van der Waals surface area (Å²) in [5.74, 6) is 0.475. The Morgan fingerprint density at radius 1 is 1.12 bits per heavy atom. The number of hydrogen-bond donors (Lipinski definition) is 0. The van der Waals surface area contributed by atoms with Crippen molar-refractivity contribution in [3.8, 4) is 5.75 Å². The summed E-state index contributed by atoms with van der Waals surface area (Å²) in [6.45, 7) is 5.48. The Morgan fingerprint density at radius 3 is 2.64 bits per heavy atom. The lowest BCUT2D eigenvalue weighted by Crippen LogP contribution is -2.58. The van der Waals surface area contributed by atoms with Gasteiger partial charge in [-0.1, -0.05) is 55.8 Å². The topological polar surface area (TPSA) is 55.8 Å². The maximum absolute atomic E-state index is 12.7. The van der Waals surface area contributed by atoms with E-state index in [1.807, 2.05) is 30.3 Å². The molecule has 0 N–H and O–H groups in total. The molecule has 0 amide bonds. The van der Waals surface area contributed by atoms with Gasteiger partial charge in [-0.2, -0.15) is 0 Å². The third-order valence-corrected chi connectivity index (χ3v) is 7.87. The summed E-state index contributed by atoms with van der Waals surface area (Å²) >= 11 is 0. The minimum Gasteiger partial charge on any atom is -0.469 e. The molecule has 1 aliphatic carbocycles. The highest BCUT2D eigenvalue weighted by molar-refractivity contribution is 5.73. The second-order valence-electron chi connectivity index (χ2n) is 9.68. The van der Waals surface area contributed by atoms with Crippen LogP contribution in [0.15, 0.2) is 54.6 Å². The first-order valence-corrected chi connectivity index (χ1v) is 12.1. The predicted molar refractivity (Wildman–Crippen MR) is 128 cm³/mol. The van der Waals surface area contributed by atoms with Crippen molar-refractivity contribution >= 4 is 11.9 Å². The second-order valence-corrected chi connectivity index (χ2v) is 9.68. The van der Waals surface area contributed by atoms with E-state index < -0.39 is 0 Å². The fourth-order valence-electron chi connectivity index (χ4n) is 6.22. The maximum Gasteiger partial charge on any atom is 0.310 e. The molecule has 1 saturated heterocycles. The van der Waals surface area contributed by atoms with Gasteiger partial charge in [-0.05, 0) is 61.4 Å². The van der Waals surface area contributed by atoms with E-state index in [2.05, 4.69) is 36.1 Å². The highest BCUT2D eigenvalue weighted by atomic mass is 16.5. The number of hydrogen-bond acceptors (Lipinski definition) is 5. The summed E-state index contributed by atoms with van der Waals surface area (Å²) in [4.78, 5) is 26.7.